The van der Waals surface area contributed by atoms with Crippen LogP contribution in [0.5, 0.6) is 0 Å². The molecule has 0 radical (unpaired) electrons. The van der Waals surface area contributed by atoms with Crippen molar-refractivity contribution in [1.82, 2.24) is 0 Å². The Bertz CT molecular complexity index is 533. The summed E-state index contributed by atoms with van der Waals surface area (Å²) in [5, 5.41) is 0. The molecule has 102 valence electrons. The van der Waals surface area contributed by atoms with Crippen LogP contribution in [0.2, 0.25) is 0 Å². The SMILES string of the molecule is CC(=O)C(=Cc1ccc(F)c(Br)c1)C(=O)CC(C)C. The molecule has 0 unspecified atom stereocenters. The van der Waals surface area contributed by atoms with Crippen molar-refractivity contribution in [2.45, 2.75) is 27.2 Å². The van der Waals surface area contributed by atoms with E-state index in [2.05, 4.69) is 15.9 Å². The van der Waals surface area contributed by atoms with Crippen molar-refractivity contribution in [3.05, 3.63) is 39.6 Å². The van der Waals surface area contributed by atoms with Gasteiger partial charge >= 0.3 is 0 Å². The van der Waals surface area contributed by atoms with E-state index in [1.807, 2.05) is 13.8 Å². The molecule has 1 aromatic carbocycles. The lowest BCUT2D eigenvalue weighted by molar-refractivity contribution is -0.120. The summed E-state index contributed by atoms with van der Waals surface area (Å²) < 4.78 is 13.4. The average molecular weight is 327 g/mol. The van der Waals surface area contributed by atoms with Gasteiger partial charge in [0.25, 0.3) is 0 Å². The molecule has 0 atom stereocenters. The monoisotopic (exact) mass is 326 g/mol. The van der Waals surface area contributed by atoms with Gasteiger partial charge in [0.15, 0.2) is 11.6 Å². The Morgan fingerprint density at radius 1 is 1.37 bits per heavy atom. The van der Waals surface area contributed by atoms with E-state index in [4.69, 9.17) is 0 Å². The molecule has 1 aromatic rings. The van der Waals surface area contributed by atoms with Crippen molar-refractivity contribution in [3.8, 4) is 0 Å². The van der Waals surface area contributed by atoms with Crippen molar-refractivity contribution in [3.63, 3.8) is 0 Å². The number of rotatable bonds is 5. The third-order valence-corrected chi connectivity index (χ3v) is 3.14. The lowest BCUT2D eigenvalue weighted by atomic mass is 9.97. The van der Waals surface area contributed by atoms with Crippen molar-refractivity contribution >= 4 is 33.6 Å². The molecule has 2 nitrogen and oxygen atoms in total. The minimum absolute atomic E-state index is 0.159. The van der Waals surface area contributed by atoms with E-state index >= 15 is 0 Å². The Hall–Kier alpha value is -1.29. The van der Waals surface area contributed by atoms with Crippen molar-refractivity contribution < 1.29 is 14.0 Å². The minimum Gasteiger partial charge on any atom is -0.294 e. The van der Waals surface area contributed by atoms with Crippen molar-refractivity contribution in [2.75, 3.05) is 0 Å². The summed E-state index contributed by atoms with van der Waals surface area (Å²) in [5.74, 6) is -0.640. The van der Waals surface area contributed by atoms with Gasteiger partial charge < -0.3 is 0 Å². The number of Topliss-reactive ketones (excluding diaryl/α,β-unsaturated/α-hetero) is 2. The first kappa shape index (κ1) is 15.8. The van der Waals surface area contributed by atoms with E-state index in [-0.39, 0.29) is 28.9 Å². The molecule has 0 aliphatic rings. The first-order valence-corrected chi connectivity index (χ1v) is 6.81. The quantitative estimate of drug-likeness (QED) is 0.462. The lowest BCUT2D eigenvalue weighted by Gasteiger charge is -2.06. The third-order valence-electron chi connectivity index (χ3n) is 2.53. The van der Waals surface area contributed by atoms with Gasteiger partial charge in [-0.25, -0.2) is 4.39 Å². The van der Waals surface area contributed by atoms with Crippen LogP contribution in [0.1, 0.15) is 32.8 Å². The molecule has 0 aliphatic carbocycles. The molecule has 0 amide bonds. The highest BCUT2D eigenvalue weighted by Gasteiger charge is 2.15. The van der Waals surface area contributed by atoms with Crippen LogP contribution in [0.3, 0.4) is 0 Å². The largest absolute Gasteiger partial charge is 0.294 e. The Morgan fingerprint density at radius 2 is 2.00 bits per heavy atom. The normalized spacial score (nSPS) is 11.8. The Morgan fingerprint density at radius 3 is 2.47 bits per heavy atom. The molecule has 0 N–H and O–H groups in total. The second-order valence-electron chi connectivity index (χ2n) is 4.81. The number of benzene rings is 1. The van der Waals surface area contributed by atoms with Gasteiger partial charge in [0.1, 0.15) is 5.82 Å². The molecule has 19 heavy (non-hydrogen) atoms. The van der Waals surface area contributed by atoms with Gasteiger partial charge in [-0.3, -0.25) is 9.59 Å². The number of carbonyl (C=O) groups excluding carboxylic acids is 2. The molecular formula is C15H16BrFO2. The summed E-state index contributed by atoms with van der Waals surface area (Å²) in [4.78, 5) is 23.5. The highest BCUT2D eigenvalue weighted by atomic mass is 79.9. The van der Waals surface area contributed by atoms with E-state index in [0.717, 1.165) is 0 Å². The van der Waals surface area contributed by atoms with Crippen molar-refractivity contribution in [1.29, 1.82) is 0 Å². The van der Waals surface area contributed by atoms with E-state index in [9.17, 15) is 14.0 Å². The summed E-state index contributed by atoms with van der Waals surface area (Å²) >= 11 is 3.08. The van der Waals surface area contributed by atoms with Gasteiger partial charge in [-0.1, -0.05) is 19.9 Å². The van der Waals surface area contributed by atoms with E-state index in [1.54, 1.807) is 6.07 Å². The Balaban J connectivity index is 3.11. The fourth-order valence-electron chi connectivity index (χ4n) is 1.63. The van der Waals surface area contributed by atoms with Crippen LogP contribution in [0.4, 0.5) is 4.39 Å². The van der Waals surface area contributed by atoms with Gasteiger partial charge in [0.05, 0.1) is 10.0 Å². The van der Waals surface area contributed by atoms with Gasteiger partial charge in [-0.2, -0.15) is 0 Å². The average Bonchev–Trinajstić information content (AvgIpc) is 2.29. The fourth-order valence-corrected chi connectivity index (χ4v) is 2.02. The zero-order valence-electron chi connectivity index (χ0n) is 11.2. The predicted octanol–water partition coefficient (Wildman–Crippen LogP) is 4.18. The molecule has 0 heterocycles. The molecule has 1 rings (SSSR count). The molecule has 0 saturated carbocycles. The second kappa shape index (κ2) is 6.75. The zero-order chi connectivity index (χ0) is 14.6. The molecule has 0 bridgehead atoms. The van der Waals surface area contributed by atoms with Gasteiger partial charge in [-0.05, 0) is 52.5 Å². The number of halogens is 2. The van der Waals surface area contributed by atoms with Crippen LogP contribution in [0, 0.1) is 11.7 Å². The molecule has 0 aliphatic heterocycles. The number of ketones is 2. The second-order valence-corrected chi connectivity index (χ2v) is 5.66. The summed E-state index contributed by atoms with van der Waals surface area (Å²) in [6.07, 6.45) is 1.84. The first-order chi connectivity index (χ1) is 8.81. The molecular weight excluding hydrogens is 311 g/mol. The maximum absolute atomic E-state index is 13.1. The van der Waals surface area contributed by atoms with Crippen LogP contribution >= 0.6 is 15.9 Å². The number of hydrogen-bond donors (Lipinski definition) is 0. The zero-order valence-corrected chi connectivity index (χ0v) is 12.8. The van der Waals surface area contributed by atoms with Crippen LogP contribution in [0.25, 0.3) is 6.08 Å². The summed E-state index contributed by atoms with van der Waals surface area (Å²) in [5.41, 5.74) is 0.780. The molecule has 4 heteroatoms. The van der Waals surface area contributed by atoms with E-state index in [0.29, 0.717) is 16.5 Å². The predicted molar refractivity (Wildman–Crippen MR) is 77.2 cm³/mol. The van der Waals surface area contributed by atoms with Crippen LogP contribution in [0.15, 0.2) is 28.2 Å². The summed E-state index contributed by atoms with van der Waals surface area (Å²) in [7, 11) is 0. The van der Waals surface area contributed by atoms with Crippen LogP contribution in [-0.2, 0) is 9.59 Å². The number of hydrogen-bond acceptors (Lipinski definition) is 2. The van der Waals surface area contributed by atoms with Crippen molar-refractivity contribution in [2.24, 2.45) is 5.92 Å². The number of allylic oxidation sites excluding steroid dienone is 1. The first-order valence-electron chi connectivity index (χ1n) is 6.02. The highest BCUT2D eigenvalue weighted by Crippen LogP contribution is 2.20. The topological polar surface area (TPSA) is 34.1 Å². The summed E-state index contributed by atoms with van der Waals surface area (Å²) in [6.45, 7) is 5.21. The fraction of sp³-hybridized carbons (Fsp3) is 0.333. The third kappa shape index (κ3) is 4.71. The smallest absolute Gasteiger partial charge is 0.166 e. The Kier molecular flexibility index (Phi) is 5.60. The number of carbonyl (C=O) groups is 2. The molecule has 0 fully saturated rings. The highest BCUT2D eigenvalue weighted by molar-refractivity contribution is 9.10. The van der Waals surface area contributed by atoms with Gasteiger partial charge in [0, 0.05) is 6.42 Å². The molecule has 0 spiro atoms. The van der Waals surface area contributed by atoms with Crippen LogP contribution in [-0.4, -0.2) is 11.6 Å². The standard InChI is InChI=1S/C15H16BrFO2/c1-9(2)6-15(19)12(10(3)18)7-11-4-5-14(17)13(16)8-11/h4-5,7-9H,6H2,1-3H3. The molecule has 0 aromatic heterocycles. The maximum Gasteiger partial charge on any atom is 0.166 e. The van der Waals surface area contributed by atoms with Gasteiger partial charge in [0.2, 0.25) is 0 Å². The maximum atomic E-state index is 13.1. The van der Waals surface area contributed by atoms with E-state index < -0.39 is 0 Å². The minimum atomic E-state index is -0.380. The lowest BCUT2D eigenvalue weighted by Crippen LogP contribution is -2.12. The van der Waals surface area contributed by atoms with Crippen LogP contribution < -0.4 is 0 Å². The van der Waals surface area contributed by atoms with Gasteiger partial charge in [-0.15, -0.1) is 0 Å². The summed E-state index contributed by atoms with van der Waals surface area (Å²) in [6, 6.07) is 4.37. The molecule has 0 saturated heterocycles. The van der Waals surface area contributed by atoms with E-state index in [1.165, 1.54) is 25.1 Å². The Labute approximate surface area is 120 Å².